The van der Waals surface area contributed by atoms with E-state index in [4.69, 9.17) is 19.4 Å². The lowest BCUT2D eigenvalue weighted by molar-refractivity contribution is -0.204. The molecule has 0 radical (unpaired) electrons. The molecule has 5 heterocycles. The Balaban J connectivity index is 1.17. The van der Waals surface area contributed by atoms with Gasteiger partial charge >= 0.3 is 0 Å². The molecule has 0 saturated carbocycles. The highest BCUT2D eigenvalue weighted by Gasteiger charge is 2.32. The van der Waals surface area contributed by atoms with E-state index in [9.17, 15) is 9.18 Å². The number of nitrogens with one attached hydrogen (secondary N) is 2. The summed E-state index contributed by atoms with van der Waals surface area (Å²) < 4.78 is 25.7. The van der Waals surface area contributed by atoms with Crippen molar-refractivity contribution in [2.45, 2.75) is 19.3 Å². The molecule has 0 bridgehead atoms. The number of amides is 1. The monoisotopic (exact) mass is 572 g/mol. The predicted molar refractivity (Wildman–Crippen MR) is 154 cm³/mol. The van der Waals surface area contributed by atoms with Crippen LogP contribution in [0.4, 0.5) is 10.3 Å². The molecule has 2 aliphatic heterocycles. The van der Waals surface area contributed by atoms with Crippen molar-refractivity contribution in [1.29, 1.82) is 0 Å². The summed E-state index contributed by atoms with van der Waals surface area (Å²) >= 11 is 0. The molecule has 218 valence electrons. The molecule has 2 saturated heterocycles. The third-order valence-electron chi connectivity index (χ3n) is 7.47. The minimum atomic E-state index is -0.551. The van der Waals surface area contributed by atoms with Crippen molar-refractivity contribution in [3.63, 3.8) is 0 Å². The number of halogens is 1. The van der Waals surface area contributed by atoms with Crippen molar-refractivity contribution in [3.05, 3.63) is 78.3 Å². The number of nitrogens with zero attached hydrogens (tertiary/aromatic N) is 6. The Hall–Kier alpha value is -4.26. The summed E-state index contributed by atoms with van der Waals surface area (Å²) in [5.41, 5.74) is 3.72. The number of carbonyl (C=O) groups excluding carboxylic acids is 1. The molecule has 2 N–H and O–H groups in total. The summed E-state index contributed by atoms with van der Waals surface area (Å²) in [6, 6.07) is 11.8. The molecule has 3 aromatic heterocycles. The maximum atomic E-state index is 13.7. The maximum Gasteiger partial charge on any atom is 0.230 e. The molecule has 2 fully saturated rings. The standard InChI is InChI=1S/C30H33FN8O3/c1-38-12-14-39(15-13-38)29(40)22-18-41-26(42-19-22)16-25-36-27(21-2-4-23(31)5-3-21)28(37-25)24-8-11-33-30(35-24)34-17-20-6-9-32-10-7-20/h2-11,22,26H,12-19H2,1H3,(H,36,37)(H,33,34,35). The van der Waals surface area contributed by atoms with Crippen LogP contribution in [0.1, 0.15) is 11.4 Å². The molecule has 1 amide bonds. The molecule has 4 aromatic rings. The normalized spacial score (nSPS) is 19.5. The van der Waals surface area contributed by atoms with Crippen molar-refractivity contribution >= 4 is 11.9 Å². The number of hydrogen-bond donors (Lipinski definition) is 2. The molecule has 0 unspecified atom stereocenters. The zero-order chi connectivity index (χ0) is 28.9. The van der Waals surface area contributed by atoms with Gasteiger partial charge in [0.15, 0.2) is 6.29 Å². The first kappa shape index (κ1) is 27.9. The Labute approximate surface area is 243 Å². The van der Waals surface area contributed by atoms with E-state index in [1.54, 1.807) is 36.8 Å². The van der Waals surface area contributed by atoms with Gasteiger partial charge in [-0.05, 0) is 55.1 Å². The fourth-order valence-electron chi connectivity index (χ4n) is 5.03. The summed E-state index contributed by atoms with van der Waals surface area (Å²) in [5, 5.41) is 3.24. The van der Waals surface area contributed by atoms with E-state index in [1.807, 2.05) is 17.0 Å². The Kier molecular flexibility index (Phi) is 8.45. The van der Waals surface area contributed by atoms with Gasteiger partial charge in [0.1, 0.15) is 11.6 Å². The van der Waals surface area contributed by atoms with Crippen LogP contribution in [0.15, 0.2) is 61.1 Å². The van der Waals surface area contributed by atoms with Crippen molar-refractivity contribution in [3.8, 4) is 22.6 Å². The lowest BCUT2D eigenvalue weighted by atomic mass is 10.1. The Morgan fingerprint density at radius 2 is 1.74 bits per heavy atom. The van der Waals surface area contributed by atoms with Crippen molar-refractivity contribution in [2.75, 3.05) is 51.8 Å². The zero-order valence-electron chi connectivity index (χ0n) is 23.4. The van der Waals surface area contributed by atoms with Crippen LogP contribution >= 0.6 is 0 Å². The maximum absolute atomic E-state index is 13.7. The summed E-state index contributed by atoms with van der Waals surface area (Å²) in [5.74, 6) is 0.525. The third kappa shape index (κ3) is 6.62. The number of carbonyl (C=O) groups is 1. The summed E-state index contributed by atoms with van der Waals surface area (Å²) in [4.78, 5) is 38.4. The number of benzene rings is 1. The second kappa shape index (κ2) is 12.7. The van der Waals surface area contributed by atoms with Gasteiger partial charge in [0, 0.05) is 56.9 Å². The summed E-state index contributed by atoms with van der Waals surface area (Å²) in [7, 11) is 2.06. The Bertz CT molecular complexity index is 1480. The van der Waals surface area contributed by atoms with Gasteiger partial charge < -0.3 is 29.6 Å². The van der Waals surface area contributed by atoms with Crippen LogP contribution in [-0.2, 0) is 27.2 Å². The van der Waals surface area contributed by atoms with Crippen LogP contribution in [0.3, 0.4) is 0 Å². The van der Waals surface area contributed by atoms with E-state index in [2.05, 4.69) is 32.2 Å². The first-order valence-electron chi connectivity index (χ1n) is 14.0. The van der Waals surface area contributed by atoms with E-state index in [-0.39, 0.29) is 17.6 Å². The number of ether oxygens (including phenoxy) is 2. The number of pyridine rings is 1. The fraction of sp³-hybridized carbons (Fsp3) is 0.367. The minimum Gasteiger partial charge on any atom is -0.351 e. The van der Waals surface area contributed by atoms with Crippen LogP contribution in [0, 0.1) is 11.7 Å². The third-order valence-corrected chi connectivity index (χ3v) is 7.47. The van der Waals surface area contributed by atoms with Crippen molar-refractivity contribution in [1.82, 2.24) is 34.7 Å². The van der Waals surface area contributed by atoms with E-state index in [0.29, 0.717) is 55.0 Å². The van der Waals surface area contributed by atoms with Crippen LogP contribution in [0.5, 0.6) is 0 Å². The molecule has 2 aliphatic rings. The van der Waals surface area contributed by atoms with E-state index in [1.165, 1.54) is 12.1 Å². The van der Waals surface area contributed by atoms with Crippen LogP contribution in [0.2, 0.25) is 0 Å². The first-order valence-corrected chi connectivity index (χ1v) is 14.0. The number of aromatic nitrogens is 5. The van der Waals surface area contributed by atoms with Gasteiger partial charge in [-0.25, -0.2) is 19.3 Å². The smallest absolute Gasteiger partial charge is 0.230 e. The van der Waals surface area contributed by atoms with Crippen molar-refractivity contribution < 1.29 is 18.7 Å². The highest BCUT2D eigenvalue weighted by molar-refractivity contribution is 5.79. The number of rotatable bonds is 8. The highest BCUT2D eigenvalue weighted by Crippen LogP contribution is 2.30. The highest BCUT2D eigenvalue weighted by atomic mass is 19.1. The largest absolute Gasteiger partial charge is 0.351 e. The fourth-order valence-corrected chi connectivity index (χ4v) is 5.03. The van der Waals surface area contributed by atoms with Gasteiger partial charge in [-0.15, -0.1) is 0 Å². The molecular weight excluding hydrogens is 539 g/mol. The SMILES string of the molecule is CN1CCN(C(=O)C2COC(Cc3nc(-c4ccc(F)cc4)c(-c4ccnc(NCc5ccncc5)n4)[nH]3)OC2)CC1. The number of likely N-dealkylation sites (N-methyl/N-ethyl adjacent to an activating group) is 1. The van der Waals surface area contributed by atoms with Gasteiger partial charge in [0.2, 0.25) is 11.9 Å². The number of hydrogen-bond acceptors (Lipinski definition) is 9. The molecule has 0 spiro atoms. The van der Waals surface area contributed by atoms with E-state index in [0.717, 1.165) is 37.3 Å². The number of H-pyrrole nitrogens is 1. The number of anilines is 1. The van der Waals surface area contributed by atoms with Gasteiger partial charge in [0.25, 0.3) is 0 Å². The van der Waals surface area contributed by atoms with E-state index >= 15 is 0 Å². The lowest BCUT2D eigenvalue weighted by Crippen LogP contribution is -2.51. The molecule has 6 rings (SSSR count). The number of aromatic amines is 1. The van der Waals surface area contributed by atoms with Gasteiger partial charge in [-0.2, -0.15) is 0 Å². The second-order valence-corrected chi connectivity index (χ2v) is 10.5. The Morgan fingerprint density at radius 1 is 1.00 bits per heavy atom. The minimum absolute atomic E-state index is 0.0811. The quantitative estimate of drug-likeness (QED) is 0.328. The zero-order valence-corrected chi connectivity index (χ0v) is 23.4. The summed E-state index contributed by atoms with van der Waals surface area (Å²) in [6.07, 6.45) is 4.95. The van der Waals surface area contributed by atoms with Gasteiger partial charge in [-0.1, -0.05) is 0 Å². The second-order valence-electron chi connectivity index (χ2n) is 10.5. The van der Waals surface area contributed by atoms with Crippen LogP contribution in [0.25, 0.3) is 22.6 Å². The average Bonchev–Trinajstić information content (AvgIpc) is 3.45. The molecule has 11 nitrogen and oxygen atoms in total. The van der Waals surface area contributed by atoms with Crippen LogP contribution < -0.4 is 5.32 Å². The molecule has 0 atom stereocenters. The molecule has 12 heteroatoms. The molecule has 0 aliphatic carbocycles. The average molecular weight is 573 g/mol. The molecular formula is C30H33FN8O3. The number of imidazole rings is 1. The van der Waals surface area contributed by atoms with Crippen molar-refractivity contribution in [2.24, 2.45) is 5.92 Å². The van der Waals surface area contributed by atoms with Gasteiger partial charge in [0.05, 0.1) is 42.6 Å². The first-order chi connectivity index (χ1) is 20.5. The predicted octanol–water partition coefficient (Wildman–Crippen LogP) is 2.99. The van der Waals surface area contributed by atoms with Crippen LogP contribution in [-0.4, -0.2) is 93.4 Å². The van der Waals surface area contributed by atoms with Gasteiger partial charge in [-0.3, -0.25) is 9.78 Å². The molecule has 42 heavy (non-hydrogen) atoms. The number of piperazine rings is 1. The summed E-state index contributed by atoms with van der Waals surface area (Å²) in [6.45, 7) is 4.32. The van der Waals surface area contributed by atoms with E-state index < -0.39 is 6.29 Å². The lowest BCUT2D eigenvalue weighted by Gasteiger charge is -2.36. The molecule has 1 aromatic carbocycles. The topological polar surface area (TPSA) is 121 Å². The Morgan fingerprint density at radius 3 is 2.48 bits per heavy atom.